The van der Waals surface area contributed by atoms with E-state index in [1.165, 1.54) is 13.2 Å². The van der Waals surface area contributed by atoms with Crippen molar-refractivity contribution in [2.45, 2.75) is 19.4 Å². The summed E-state index contributed by atoms with van der Waals surface area (Å²) in [4.78, 5) is 23.1. The highest BCUT2D eigenvalue weighted by Crippen LogP contribution is 2.04. The molecule has 96 valence electrons. The van der Waals surface area contributed by atoms with Gasteiger partial charge in [0.2, 0.25) is 5.91 Å². The largest absolute Gasteiger partial charge is 0.467 e. The highest BCUT2D eigenvalue weighted by atomic mass is 16.5. The van der Waals surface area contributed by atoms with E-state index >= 15 is 0 Å². The van der Waals surface area contributed by atoms with Gasteiger partial charge in [0.1, 0.15) is 6.04 Å². The van der Waals surface area contributed by atoms with Gasteiger partial charge >= 0.3 is 5.97 Å². The Kier molecular flexibility index (Phi) is 5.64. The summed E-state index contributed by atoms with van der Waals surface area (Å²) in [5.74, 6) is -0.750. The van der Waals surface area contributed by atoms with E-state index in [-0.39, 0.29) is 5.91 Å². The third kappa shape index (κ3) is 4.41. The second kappa shape index (κ2) is 7.27. The summed E-state index contributed by atoms with van der Waals surface area (Å²) in [7, 11) is 1.31. The van der Waals surface area contributed by atoms with Crippen molar-refractivity contribution < 1.29 is 14.3 Å². The zero-order chi connectivity index (χ0) is 13.4. The molecule has 1 N–H and O–H groups in total. The molecule has 0 bridgehead atoms. The smallest absolute Gasteiger partial charge is 0.328 e. The fourth-order valence-electron chi connectivity index (χ4n) is 1.56. The van der Waals surface area contributed by atoms with Gasteiger partial charge in [0.05, 0.1) is 7.11 Å². The standard InChI is InChI=1S/C14H17NO3/c1-3-7-13(16)15-12(14(17)18-2)10-11-8-5-4-6-9-11/h3-9,12H,10H2,1-2H3,(H,15,16)/b7-3+/t12-/m0/s1. The maximum absolute atomic E-state index is 11.6. The number of amides is 1. The number of benzene rings is 1. The number of allylic oxidation sites excluding steroid dienone is 1. The first-order valence-corrected chi connectivity index (χ1v) is 5.72. The van der Waals surface area contributed by atoms with Crippen LogP contribution in [-0.2, 0) is 20.7 Å². The summed E-state index contributed by atoms with van der Waals surface area (Å²) in [6.07, 6.45) is 3.41. The summed E-state index contributed by atoms with van der Waals surface area (Å²) in [5, 5.41) is 2.62. The number of methoxy groups -OCH3 is 1. The second-order valence-electron chi connectivity index (χ2n) is 3.77. The van der Waals surface area contributed by atoms with Crippen LogP contribution in [0.5, 0.6) is 0 Å². The molecule has 1 atom stereocenters. The van der Waals surface area contributed by atoms with Crippen LogP contribution in [0.1, 0.15) is 12.5 Å². The van der Waals surface area contributed by atoms with Gasteiger partial charge in [-0.05, 0) is 18.6 Å². The van der Waals surface area contributed by atoms with E-state index in [2.05, 4.69) is 10.1 Å². The zero-order valence-electron chi connectivity index (χ0n) is 10.6. The molecule has 1 aromatic rings. The molecule has 1 amide bonds. The zero-order valence-corrected chi connectivity index (χ0v) is 10.6. The molecule has 0 saturated heterocycles. The summed E-state index contributed by atoms with van der Waals surface area (Å²) in [6, 6.07) is 8.81. The second-order valence-corrected chi connectivity index (χ2v) is 3.77. The molecule has 1 rings (SSSR count). The molecule has 0 aromatic heterocycles. The van der Waals surface area contributed by atoms with Crippen LogP contribution in [0.3, 0.4) is 0 Å². The Morgan fingerprint density at radius 3 is 2.56 bits per heavy atom. The number of hydrogen-bond donors (Lipinski definition) is 1. The molecule has 4 heteroatoms. The van der Waals surface area contributed by atoms with Gasteiger partial charge in [0, 0.05) is 6.42 Å². The third-order valence-corrected chi connectivity index (χ3v) is 2.40. The Morgan fingerprint density at radius 1 is 1.33 bits per heavy atom. The van der Waals surface area contributed by atoms with Crippen LogP contribution in [0.4, 0.5) is 0 Å². The van der Waals surface area contributed by atoms with Crippen LogP contribution in [0.2, 0.25) is 0 Å². The number of esters is 1. The first-order valence-electron chi connectivity index (χ1n) is 5.72. The molecular formula is C14H17NO3. The number of nitrogens with one attached hydrogen (secondary N) is 1. The summed E-state index contributed by atoms with van der Waals surface area (Å²) >= 11 is 0. The quantitative estimate of drug-likeness (QED) is 0.633. The Morgan fingerprint density at radius 2 is 2.00 bits per heavy atom. The van der Waals surface area contributed by atoms with Gasteiger partial charge in [-0.1, -0.05) is 36.4 Å². The molecule has 0 aliphatic heterocycles. The van der Waals surface area contributed by atoms with Gasteiger partial charge in [-0.2, -0.15) is 0 Å². The maximum Gasteiger partial charge on any atom is 0.328 e. The molecule has 0 saturated carbocycles. The van der Waals surface area contributed by atoms with E-state index in [1.54, 1.807) is 13.0 Å². The summed E-state index contributed by atoms with van der Waals surface area (Å²) in [6.45, 7) is 1.74. The lowest BCUT2D eigenvalue weighted by molar-refractivity contribution is -0.144. The number of carbonyl (C=O) groups excluding carboxylic acids is 2. The van der Waals surface area contributed by atoms with Crippen LogP contribution in [0, 0.1) is 0 Å². The fourth-order valence-corrected chi connectivity index (χ4v) is 1.56. The van der Waals surface area contributed by atoms with Gasteiger partial charge in [-0.25, -0.2) is 4.79 Å². The third-order valence-electron chi connectivity index (χ3n) is 2.40. The van der Waals surface area contributed by atoms with Crippen LogP contribution < -0.4 is 5.32 Å². The molecule has 0 heterocycles. The molecule has 0 fully saturated rings. The molecular weight excluding hydrogens is 230 g/mol. The molecule has 0 unspecified atom stereocenters. The fraction of sp³-hybridized carbons (Fsp3) is 0.286. The van der Waals surface area contributed by atoms with Crippen molar-refractivity contribution in [2.24, 2.45) is 0 Å². The number of rotatable bonds is 5. The van der Waals surface area contributed by atoms with Crippen LogP contribution >= 0.6 is 0 Å². The predicted octanol–water partition coefficient (Wildman–Crippen LogP) is 1.46. The highest BCUT2D eigenvalue weighted by Gasteiger charge is 2.20. The van der Waals surface area contributed by atoms with E-state index in [0.717, 1.165) is 5.56 Å². The van der Waals surface area contributed by atoms with Crippen LogP contribution in [0.15, 0.2) is 42.5 Å². The minimum absolute atomic E-state index is 0.302. The number of ether oxygens (including phenoxy) is 1. The molecule has 0 aliphatic carbocycles. The first kappa shape index (κ1) is 14.0. The van der Waals surface area contributed by atoms with E-state index < -0.39 is 12.0 Å². The molecule has 0 radical (unpaired) electrons. The van der Waals surface area contributed by atoms with Crippen molar-refractivity contribution in [3.8, 4) is 0 Å². The van der Waals surface area contributed by atoms with Crippen molar-refractivity contribution in [1.29, 1.82) is 0 Å². The highest BCUT2D eigenvalue weighted by molar-refractivity contribution is 5.91. The molecule has 18 heavy (non-hydrogen) atoms. The minimum Gasteiger partial charge on any atom is -0.467 e. The lowest BCUT2D eigenvalue weighted by atomic mass is 10.1. The lowest BCUT2D eigenvalue weighted by Gasteiger charge is -2.15. The topological polar surface area (TPSA) is 55.4 Å². The molecule has 0 aliphatic rings. The Balaban J connectivity index is 2.73. The SMILES string of the molecule is C/C=C/C(=O)N[C@@H](Cc1ccccc1)C(=O)OC. The van der Waals surface area contributed by atoms with E-state index in [4.69, 9.17) is 0 Å². The van der Waals surface area contributed by atoms with Crippen molar-refractivity contribution in [1.82, 2.24) is 5.32 Å². The van der Waals surface area contributed by atoms with Crippen molar-refractivity contribution in [3.63, 3.8) is 0 Å². The van der Waals surface area contributed by atoms with Crippen LogP contribution in [0.25, 0.3) is 0 Å². The Labute approximate surface area is 107 Å². The Bertz CT molecular complexity index is 426. The van der Waals surface area contributed by atoms with Crippen molar-refractivity contribution >= 4 is 11.9 Å². The summed E-state index contributed by atoms with van der Waals surface area (Å²) < 4.78 is 4.69. The van der Waals surface area contributed by atoms with Crippen molar-refractivity contribution in [2.75, 3.05) is 7.11 Å². The van der Waals surface area contributed by atoms with E-state index in [0.29, 0.717) is 6.42 Å². The van der Waals surface area contributed by atoms with Gasteiger partial charge in [0.25, 0.3) is 0 Å². The average molecular weight is 247 g/mol. The molecule has 4 nitrogen and oxygen atoms in total. The van der Waals surface area contributed by atoms with Gasteiger partial charge < -0.3 is 10.1 Å². The monoisotopic (exact) mass is 247 g/mol. The van der Waals surface area contributed by atoms with Gasteiger partial charge in [-0.3, -0.25) is 4.79 Å². The summed E-state index contributed by atoms with van der Waals surface area (Å²) in [5.41, 5.74) is 0.966. The maximum atomic E-state index is 11.6. The lowest BCUT2D eigenvalue weighted by Crippen LogP contribution is -2.42. The molecule has 1 aromatic carbocycles. The normalized spacial score (nSPS) is 12.1. The predicted molar refractivity (Wildman–Crippen MR) is 68.9 cm³/mol. The molecule has 0 spiro atoms. The van der Waals surface area contributed by atoms with Gasteiger partial charge in [0.15, 0.2) is 0 Å². The van der Waals surface area contributed by atoms with E-state index in [1.807, 2.05) is 30.3 Å². The average Bonchev–Trinajstić information content (AvgIpc) is 2.38. The number of carbonyl (C=O) groups is 2. The van der Waals surface area contributed by atoms with Gasteiger partial charge in [-0.15, -0.1) is 0 Å². The van der Waals surface area contributed by atoms with E-state index in [9.17, 15) is 9.59 Å². The van der Waals surface area contributed by atoms with Crippen molar-refractivity contribution in [3.05, 3.63) is 48.0 Å². The number of hydrogen-bond acceptors (Lipinski definition) is 3. The Hall–Kier alpha value is -2.10. The minimum atomic E-state index is -0.666. The van der Waals surface area contributed by atoms with Crippen LogP contribution in [-0.4, -0.2) is 25.0 Å². The first-order chi connectivity index (χ1) is 8.67.